The van der Waals surface area contributed by atoms with Crippen molar-refractivity contribution in [3.05, 3.63) is 36.4 Å². The van der Waals surface area contributed by atoms with E-state index in [1.54, 1.807) is 0 Å². The van der Waals surface area contributed by atoms with E-state index in [0.29, 0.717) is 11.4 Å². The standard InChI is InChI=1S/C18H26N8O6/c1-9(27)15(18(32)22-6-14(28)29)26-17(31)13(3-11-5-21-8-24-11)25-16(30)12(19)2-10-4-20-7-23-10/h4-5,7-9,12-13,15,27H,2-3,6,19H2,1H3,(H,20,23)(H,21,24)(H,22,32)(H,25,30)(H,26,31)(H,28,29). The normalized spacial score (nSPS) is 14.6. The molecule has 2 aromatic rings. The molecule has 0 aromatic carbocycles. The van der Waals surface area contributed by atoms with Gasteiger partial charge >= 0.3 is 5.97 Å². The van der Waals surface area contributed by atoms with Crippen molar-refractivity contribution in [2.24, 2.45) is 5.73 Å². The third-order valence-corrected chi connectivity index (χ3v) is 4.42. The Bertz CT molecular complexity index is 899. The second-order valence-corrected chi connectivity index (χ2v) is 7.07. The minimum atomic E-state index is -1.44. The smallest absolute Gasteiger partial charge is 0.322 e. The number of hydrogen-bond acceptors (Lipinski definition) is 8. The van der Waals surface area contributed by atoms with Crippen LogP contribution in [0.5, 0.6) is 0 Å². The van der Waals surface area contributed by atoms with Crippen molar-refractivity contribution in [3.8, 4) is 0 Å². The fourth-order valence-electron chi connectivity index (χ4n) is 2.76. The van der Waals surface area contributed by atoms with Crippen molar-refractivity contribution >= 4 is 23.7 Å². The van der Waals surface area contributed by atoms with E-state index in [9.17, 15) is 24.3 Å². The number of carbonyl (C=O) groups excluding carboxylic acids is 3. The molecule has 14 heteroatoms. The zero-order valence-electron chi connectivity index (χ0n) is 17.2. The molecular weight excluding hydrogens is 424 g/mol. The summed E-state index contributed by atoms with van der Waals surface area (Å²) in [5, 5.41) is 25.6. The number of hydrogen-bond donors (Lipinski definition) is 8. The van der Waals surface area contributed by atoms with E-state index in [0.717, 1.165) is 0 Å². The van der Waals surface area contributed by atoms with Crippen LogP contribution in [0.4, 0.5) is 0 Å². The van der Waals surface area contributed by atoms with Crippen molar-refractivity contribution in [2.75, 3.05) is 6.54 Å². The van der Waals surface area contributed by atoms with E-state index in [1.807, 2.05) is 0 Å². The number of nitrogens with one attached hydrogen (secondary N) is 5. The number of rotatable bonds is 12. The number of aliphatic hydroxyl groups is 1. The molecule has 4 atom stereocenters. The second-order valence-electron chi connectivity index (χ2n) is 7.07. The Labute approximate surface area is 182 Å². The molecule has 0 aliphatic carbocycles. The summed E-state index contributed by atoms with van der Waals surface area (Å²) in [4.78, 5) is 61.7. The van der Waals surface area contributed by atoms with Crippen LogP contribution in [0.15, 0.2) is 25.0 Å². The fourth-order valence-corrected chi connectivity index (χ4v) is 2.76. The van der Waals surface area contributed by atoms with Gasteiger partial charge in [0.15, 0.2) is 0 Å². The van der Waals surface area contributed by atoms with Crippen LogP contribution >= 0.6 is 0 Å². The molecule has 0 aliphatic rings. The molecule has 3 amide bonds. The topological polar surface area (TPSA) is 228 Å². The van der Waals surface area contributed by atoms with Gasteiger partial charge in [0.05, 0.1) is 24.8 Å². The van der Waals surface area contributed by atoms with Gasteiger partial charge in [-0.2, -0.15) is 0 Å². The predicted octanol–water partition coefficient (Wildman–Crippen LogP) is -3.20. The van der Waals surface area contributed by atoms with Crippen molar-refractivity contribution in [1.29, 1.82) is 0 Å². The zero-order valence-corrected chi connectivity index (χ0v) is 17.2. The molecule has 0 saturated heterocycles. The summed E-state index contributed by atoms with van der Waals surface area (Å²) in [5.41, 5.74) is 7.08. The summed E-state index contributed by atoms with van der Waals surface area (Å²) in [6.07, 6.45) is 4.64. The summed E-state index contributed by atoms with van der Waals surface area (Å²) in [6, 6.07) is -3.59. The van der Waals surface area contributed by atoms with E-state index in [-0.39, 0.29) is 12.8 Å². The average Bonchev–Trinajstić information content (AvgIpc) is 3.43. The molecule has 2 heterocycles. The number of imidazole rings is 2. The van der Waals surface area contributed by atoms with Gasteiger partial charge in [-0.3, -0.25) is 19.2 Å². The number of aliphatic hydroxyl groups excluding tert-OH is 1. The van der Waals surface area contributed by atoms with Crippen molar-refractivity contribution in [1.82, 2.24) is 35.9 Å². The number of carbonyl (C=O) groups is 4. The number of carboxylic acid groups (broad SMARTS) is 1. The maximum atomic E-state index is 12.9. The maximum Gasteiger partial charge on any atom is 0.322 e. The zero-order chi connectivity index (χ0) is 23.7. The van der Waals surface area contributed by atoms with Crippen LogP contribution in [-0.4, -0.2) is 84.6 Å². The molecule has 2 rings (SSSR count). The minimum absolute atomic E-state index is 0.00236. The van der Waals surface area contributed by atoms with Crippen LogP contribution in [-0.2, 0) is 32.0 Å². The molecular formula is C18H26N8O6. The number of H-pyrrole nitrogens is 2. The first kappa shape index (κ1) is 24.5. The Balaban J connectivity index is 2.09. The highest BCUT2D eigenvalue weighted by atomic mass is 16.4. The molecule has 9 N–H and O–H groups in total. The molecule has 14 nitrogen and oxygen atoms in total. The van der Waals surface area contributed by atoms with Crippen LogP contribution in [0.25, 0.3) is 0 Å². The van der Waals surface area contributed by atoms with E-state index < -0.39 is 54.5 Å². The van der Waals surface area contributed by atoms with Crippen molar-refractivity contribution in [3.63, 3.8) is 0 Å². The first-order chi connectivity index (χ1) is 15.2. The number of carboxylic acids is 1. The molecule has 174 valence electrons. The number of aromatic nitrogens is 4. The second kappa shape index (κ2) is 11.6. The molecule has 0 saturated carbocycles. The van der Waals surface area contributed by atoms with Crippen LogP contribution < -0.4 is 21.7 Å². The quantitative estimate of drug-likeness (QED) is 0.162. The summed E-state index contributed by atoms with van der Waals surface area (Å²) in [6.45, 7) is 0.572. The lowest BCUT2D eigenvalue weighted by Crippen LogP contribution is -2.59. The van der Waals surface area contributed by atoms with Gasteiger partial charge in [-0.15, -0.1) is 0 Å². The third-order valence-electron chi connectivity index (χ3n) is 4.42. The SMILES string of the molecule is CC(O)C(NC(=O)C(Cc1cnc[nH]1)NC(=O)C(N)Cc1cnc[nH]1)C(=O)NCC(=O)O. The fraction of sp³-hybridized carbons (Fsp3) is 0.444. The first-order valence-electron chi connectivity index (χ1n) is 9.65. The monoisotopic (exact) mass is 450 g/mol. The lowest BCUT2D eigenvalue weighted by molar-refractivity contribution is -0.139. The Morgan fingerprint density at radius 3 is 2.09 bits per heavy atom. The van der Waals surface area contributed by atoms with Gasteiger partial charge in [0.2, 0.25) is 17.7 Å². The van der Waals surface area contributed by atoms with Gasteiger partial charge in [-0.25, -0.2) is 9.97 Å². The molecule has 2 aromatic heterocycles. The van der Waals surface area contributed by atoms with Gasteiger partial charge in [0.1, 0.15) is 18.6 Å². The highest BCUT2D eigenvalue weighted by Crippen LogP contribution is 2.03. The number of aromatic amines is 2. The van der Waals surface area contributed by atoms with Gasteiger partial charge in [0.25, 0.3) is 0 Å². The maximum absolute atomic E-state index is 12.9. The van der Waals surface area contributed by atoms with Crippen LogP contribution in [0.3, 0.4) is 0 Å². The molecule has 0 bridgehead atoms. The number of amides is 3. The van der Waals surface area contributed by atoms with Gasteiger partial charge in [-0.1, -0.05) is 0 Å². The summed E-state index contributed by atoms with van der Waals surface area (Å²) >= 11 is 0. The Kier molecular flexibility index (Phi) is 8.85. The van der Waals surface area contributed by atoms with Crippen LogP contribution in [0.1, 0.15) is 18.3 Å². The Morgan fingerprint density at radius 1 is 1.00 bits per heavy atom. The highest BCUT2D eigenvalue weighted by Gasteiger charge is 2.31. The van der Waals surface area contributed by atoms with E-state index in [1.165, 1.54) is 32.0 Å². The van der Waals surface area contributed by atoms with E-state index in [4.69, 9.17) is 10.8 Å². The lowest BCUT2D eigenvalue weighted by atomic mass is 10.1. The third kappa shape index (κ3) is 7.48. The minimum Gasteiger partial charge on any atom is -0.480 e. The van der Waals surface area contributed by atoms with Crippen molar-refractivity contribution < 1.29 is 29.4 Å². The lowest BCUT2D eigenvalue weighted by Gasteiger charge is -2.25. The first-order valence-corrected chi connectivity index (χ1v) is 9.65. The molecule has 0 fully saturated rings. The molecule has 32 heavy (non-hydrogen) atoms. The van der Waals surface area contributed by atoms with E-state index >= 15 is 0 Å². The largest absolute Gasteiger partial charge is 0.480 e. The number of nitrogens with zero attached hydrogens (tertiary/aromatic N) is 2. The Morgan fingerprint density at radius 2 is 1.59 bits per heavy atom. The van der Waals surface area contributed by atoms with Gasteiger partial charge in [-0.05, 0) is 6.92 Å². The number of aliphatic carboxylic acids is 1. The summed E-state index contributed by atoms with van der Waals surface area (Å²) in [7, 11) is 0. The van der Waals surface area contributed by atoms with Crippen molar-refractivity contribution in [2.45, 2.75) is 44.0 Å². The Hall–Kier alpha value is -3.78. The summed E-state index contributed by atoms with van der Waals surface area (Å²) in [5.74, 6) is -3.58. The van der Waals surface area contributed by atoms with E-state index in [2.05, 4.69) is 35.9 Å². The molecule has 0 radical (unpaired) electrons. The van der Waals surface area contributed by atoms with Gasteiger partial charge in [0, 0.05) is 36.6 Å². The molecule has 0 spiro atoms. The number of nitrogens with two attached hydrogens (primary N) is 1. The average molecular weight is 450 g/mol. The molecule has 4 unspecified atom stereocenters. The van der Waals surface area contributed by atoms with Crippen LogP contribution in [0, 0.1) is 0 Å². The summed E-state index contributed by atoms with van der Waals surface area (Å²) < 4.78 is 0. The predicted molar refractivity (Wildman–Crippen MR) is 109 cm³/mol. The highest BCUT2D eigenvalue weighted by molar-refractivity contribution is 5.94. The van der Waals surface area contributed by atoms with Crippen LogP contribution in [0.2, 0.25) is 0 Å². The molecule has 0 aliphatic heterocycles. The van der Waals surface area contributed by atoms with Gasteiger partial charge < -0.3 is 41.9 Å².